The molecule has 1 aromatic carbocycles. The number of hydrogen-bond donors (Lipinski definition) is 1. The maximum absolute atomic E-state index is 12.2. The number of hydrogen-bond acceptors (Lipinski definition) is 5. The molecule has 156 valence electrons. The second-order valence-electron chi connectivity index (χ2n) is 8.52. The fraction of sp³-hybridized carbons (Fsp3) is 0.522. The maximum Gasteiger partial charge on any atom is 0.351 e. The van der Waals surface area contributed by atoms with Crippen LogP contribution in [0.3, 0.4) is 0 Å². The van der Waals surface area contributed by atoms with Gasteiger partial charge in [-0.2, -0.15) is 0 Å². The van der Waals surface area contributed by atoms with Crippen molar-refractivity contribution < 1.29 is 18.7 Å². The lowest BCUT2D eigenvalue weighted by Gasteiger charge is -2.39. The van der Waals surface area contributed by atoms with E-state index in [4.69, 9.17) is 9.15 Å². The van der Waals surface area contributed by atoms with E-state index in [1.54, 1.807) is 24.3 Å². The van der Waals surface area contributed by atoms with E-state index in [0.29, 0.717) is 22.3 Å². The van der Waals surface area contributed by atoms with Crippen LogP contribution in [0.1, 0.15) is 63.2 Å². The third-order valence-corrected chi connectivity index (χ3v) is 6.30. The van der Waals surface area contributed by atoms with Gasteiger partial charge in [-0.15, -0.1) is 0 Å². The molecule has 1 saturated carbocycles. The molecule has 1 aliphatic rings. The molecule has 6 nitrogen and oxygen atoms in total. The summed E-state index contributed by atoms with van der Waals surface area (Å²) in [5.74, 6) is -0.527. The number of amides is 1. The van der Waals surface area contributed by atoms with Crippen molar-refractivity contribution in [3.05, 3.63) is 46.3 Å². The van der Waals surface area contributed by atoms with Crippen molar-refractivity contribution in [1.29, 1.82) is 0 Å². The predicted octanol–water partition coefficient (Wildman–Crippen LogP) is 4.06. The van der Waals surface area contributed by atoms with Gasteiger partial charge in [0.2, 0.25) is 0 Å². The summed E-state index contributed by atoms with van der Waals surface area (Å²) in [7, 11) is 0. The molecule has 1 amide bonds. The van der Waals surface area contributed by atoms with Crippen molar-refractivity contribution >= 4 is 22.8 Å². The van der Waals surface area contributed by atoms with Crippen LogP contribution < -0.4 is 10.9 Å². The Bertz CT molecular complexity index is 938. The second kappa shape index (κ2) is 8.80. The summed E-state index contributed by atoms with van der Waals surface area (Å²) in [5, 5.41) is 3.56. The van der Waals surface area contributed by atoms with Gasteiger partial charge >= 0.3 is 11.6 Å². The van der Waals surface area contributed by atoms with Crippen molar-refractivity contribution in [3.63, 3.8) is 0 Å². The number of carbonyl (C=O) groups is 2. The van der Waals surface area contributed by atoms with Gasteiger partial charge in [-0.05, 0) is 49.1 Å². The summed E-state index contributed by atoms with van der Waals surface area (Å²) < 4.78 is 10.2. The van der Waals surface area contributed by atoms with Crippen molar-refractivity contribution in [1.82, 2.24) is 5.32 Å². The van der Waals surface area contributed by atoms with Crippen LogP contribution in [0.4, 0.5) is 0 Å². The van der Waals surface area contributed by atoms with Gasteiger partial charge in [0.1, 0.15) is 11.1 Å². The van der Waals surface area contributed by atoms with Crippen LogP contribution >= 0.6 is 0 Å². The van der Waals surface area contributed by atoms with Gasteiger partial charge < -0.3 is 14.5 Å². The quantitative estimate of drug-likeness (QED) is 0.585. The smallest absolute Gasteiger partial charge is 0.351 e. The van der Waals surface area contributed by atoms with E-state index in [2.05, 4.69) is 26.1 Å². The van der Waals surface area contributed by atoms with Crippen LogP contribution in [0.2, 0.25) is 0 Å². The van der Waals surface area contributed by atoms with Gasteiger partial charge in [-0.1, -0.05) is 45.4 Å². The minimum Gasteiger partial charge on any atom is -0.452 e. The zero-order valence-electron chi connectivity index (χ0n) is 17.3. The summed E-state index contributed by atoms with van der Waals surface area (Å²) in [4.78, 5) is 36.4. The summed E-state index contributed by atoms with van der Waals surface area (Å²) in [6.07, 6.45) is 5.19. The van der Waals surface area contributed by atoms with Gasteiger partial charge in [-0.25, -0.2) is 9.59 Å². The standard InChI is InChI=1S/C23H29NO5/c1-4-23(2,3)16-9-11-17(12-10-16)24-20(25)14-28-21(26)18-13-15-7-5-6-8-19(15)29-22(18)27/h5-8,13,16-17H,4,9-12,14H2,1-3H3,(H,24,25). The first-order chi connectivity index (χ1) is 13.8. The highest BCUT2D eigenvalue weighted by molar-refractivity contribution is 5.94. The van der Waals surface area contributed by atoms with E-state index in [9.17, 15) is 14.4 Å². The first-order valence-corrected chi connectivity index (χ1v) is 10.3. The average Bonchev–Trinajstić information content (AvgIpc) is 2.72. The predicted molar refractivity (Wildman–Crippen MR) is 111 cm³/mol. The van der Waals surface area contributed by atoms with Crippen molar-refractivity contribution in [3.8, 4) is 0 Å². The molecule has 0 radical (unpaired) electrons. The number of fused-ring (bicyclic) bond motifs is 1. The van der Waals surface area contributed by atoms with Crippen LogP contribution in [0.5, 0.6) is 0 Å². The molecule has 0 unspecified atom stereocenters. The number of ether oxygens (including phenoxy) is 1. The highest BCUT2D eigenvalue weighted by atomic mass is 16.5. The fourth-order valence-electron chi connectivity index (χ4n) is 3.99. The van der Waals surface area contributed by atoms with Crippen LogP contribution in [0.25, 0.3) is 11.0 Å². The molecule has 1 N–H and O–H groups in total. The third kappa shape index (κ3) is 5.05. The molecule has 3 rings (SSSR count). The van der Waals surface area contributed by atoms with E-state index < -0.39 is 18.2 Å². The van der Waals surface area contributed by atoms with Crippen LogP contribution in [-0.2, 0) is 9.53 Å². The van der Waals surface area contributed by atoms with Gasteiger partial charge in [-0.3, -0.25) is 4.79 Å². The summed E-state index contributed by atoms with van der Waals surface area (Å²) in [5.41, 5.74) is -0.260. The first-order valence-electron chi connectivity index (χ1n) is 10.3. The number of rotatable bonds is 6. The Morgan fingerprint density at radius 1 is 1.17 bits per heavy atom. The van der Waals surface area contributed by atoms with E-state index in [1.807, 2.05) is 0 Å². The van der Waals surface area contributed by atoms with E-state index >= 15 is 0 Å². The summed E-state index contributed by atoms with van der Waals surface area (Å²) in [6.45, 7) is 6.42. The molecular formula is C23H29NO5. The van der Waals surface area contributed by atoms with Crippen LogP contribution in [-0.4, -0.2) is 24.5 Å². The van der Waals surface area contributed by atoms with E-state index in [-0.39, 0.29) is 17.5 Å². The molecule has 0 aliphatic heterocycles. The van der Waals surface area contributed by atoms with Crippen LogP contribution in [0.15, 0.2) is 39.5 Å². The molecular weight excluding hydrogens is 370 g/mol. The number of esters is 1. The number of nitrogens with one attached hydrogen (secondary N) is 1. The fourth-order valence-corrected chi connectivity index (χ4v) is 3.99. The molecule has 6 heteroatoms. The Morgan fingerprint density at radius 2 is 1.86 bits per heavy atom. The molecule has 2 aromatic rings. The van der Waals surface area contributed by atoms with Crippen molar-refractivity contribution in [2.24, 2.45) is 11.3 Å². The van der Waals surface area contributed by atoms with Crippen LogP contribution in [0, 0.1) is 11.3 Å². The minimum atomic E-state index is -0.854. The lowest BCUT2D eigenvalue weighted by atomic mass is 9.69. The molecule has 0 spiro atoms. The Morgan fingerprint density at radius 3 is 2.55 bits per heavy atom. The molecule has 0 atom stereocenters. The topological polar surface area (TPSA) is 85.6 Å². The number of benzene rings is 1. The van der Waals surface area contributed by atoms with Gasteiger partial charge in [0, 0.05) is 11.4 Å². The lowest BCUT2D eigenvalue weighted by molar-refractivity contribution is -0.125. The van der Waals surface area contributed by atoms with Gasteiger partial charge in [0.05, 0.1) is 0 Å². The van der Waals surface area contributed by atoms with Gasteiger partial charge in [0.15, 0.2) is 6.61 Å². The maximum atomic E-state index is 12.2. The average molecular weight is 399 g/mol. The zero-order valence-corrected chi connectivity index (χ0v) is 17.3. The second-order valence-corrected chi connectivity index (χ2v) is 8.52. The van der Waals surface area contributed by atoms with E-state index in [1.165, 1.54) is 6.07 Å². The molecule has 1 fully saturated rings. The molecule has 0 bridgehead atoms. The van der Waals surface area contributed by atoms with E-state index in [0.717, 1.165) is 32.1 Å². The largest absolute Gasteiger partial charge is 0.452 e. The Hall–Kier alpha value is -2.63. The molecule has 1 heterocycles. The molecule has 1 aromatic heterocycles. The number of para-hydroxylation sites is 1. The van der Waals surface area contributed by atoms with Gasteiger partial charge in [0.25, 0.3) is 5.91 Å². The third-order valence-electron chi connectivity index (χ3n) is 6.30. The summed E-state index contributed by atoms with van der Waals surface area (Å²) >= 11 is 0. The Balaban J connectivity index is 1.51. The Kier molecular flexibility index (Phi) is 6.40. The lowest BCUT2D eigenvalue weighted by Crippen LogP contribution is -2.41. The Labute approximate surface area is 170 Å². The molecule has 29 heavy (non-hydrogen) atoms. The highest BCUT2D eigenvalue weighted by Crippen LogP contribution is 2.40. The van der Waals surface area contributed by atoms with Crippen molar-refractivity contribution in [2.45, 2.75) is 58.9 Å². The highest BCUT2D eigenvalue weighted by Gasteiger charge is 2.32. The SMILES string of the molecule is CCC(C)(C)C1CCC(NC(=O)COC(=O)c2cc3ccccc3oc2=O)CC1. The zero-order chi connectivity index (χ0) is 21.0. The normalized spacial score (nSPS) is 19.7. The monoisotopic (exact) mass is 399 g/mol. The first kappa shape index (κ1) is 21.1. The minimum absolute atomic E-state index is 0.107. The molecule has 0 saturated heterocycles. The number of carbonyl (C=O) groups excluding carboxylic acids is 2. The molecule has 1 aliphatic carbocycles. The summed E-state index contributed by atoms with van der Waals surface area (Å²) in [6, 6.07) is 8.44. The van der Waals surface area contributed by atoms with Crippen molar-refractivity contribution in [2.75, 3.05) is 6.61 Å².